The lowest BCUT2D eigenvalue weighted by Crippen LogP contribution is -2.33. The van der Waals surface area contributed by atoms with Gasteiger partial charge in [-0.25, -0.2) is 0 Å². The number of benzene rings is 2. The van der Waals surface area contributed by atoms with E-state index in [1.54, 1.807) is 29.2 Å². The van der Waals surface area contributed by atoms with Gasteiger partial charge in [-0.2, -0.15) is 0 Å². The van der Waals surface area contributed by atoms with Crippen LogP contribution in [0.15, 0.2) is 33.5 Å². The minimum Gasteiger partial charge on any atom is -0.493 e. The van der Waals surface area contributed by atoms with Crippen molar-refractivity contribution in [1.82, 2.24) is 9.80 Å². The molecular formula is C28H33ClN2O6. The molecule has 1 aliphatic heterocycles. The van der Waals surface area contributed by atoms with Crippen LogP contribution in [-0.2, 0) is 0 Å². The Labute approximate surface area is 221 Å². The Balaban J connectivity index is 1.91. The van der Waals surface area contributed by atoms with Crippen LogP contribution in [-0.4, -0.2) is 63.2 Å². The highest BCUT2D eigenvalue weighted by Crippen LogP contribution is 2.45. The summed E-state index contributed by atoms with van der Waals surface area (Å²) >= 11 is 6.35. The summed E-state index contributed by atoms with van der Waals surface area (Å²) < 4.78 is 22.7. The Morgan fingerprint density at radius 2 is 1.65 bits per heavy atom. The number of carbonyl (C=O) groups is 1. The molecule has 1 amide bonds. The van der Waals surface area contributed by atoms with E-state index < -0.39 is 6.04 Å². The summed E-state index contributed by atoms with van der Waals surface area (Å²) in [6.07, 6.45) is 0.737. The molecule has 0 radical (unpaired) electrons. The number of ether oxygens (including phenoxy) is 3. The summed E-state index contributed by atoms with van der Waals surface area (Å²) in [5.41, 5.74) is 1.77. The van der Waals surface area contributed by atoms with E-state index in [0.717, 1.165) is 31.6 Å². The fourth-order valence-electron chi connectivity index (χ4n) is 4.98. The van der Waals surface area contributed by atoms with E-state index in [1.807, 2.05) is 6.92 Å². The van der Waals surface area contributed by atoms with E-state index in [4.69, 9.17) is 30.2 Å². The topological polar surface area (TPSA) is 81.5 Å². The normalized spacial score (nSPS) is 15.0. The summed E-state index contributed by atoms with van der Waals surface area (Å²) in [5, 5.41) is 0.800. The lowest BCUT2D eigenvalue weighted by Gasteiger charge is -2.27. The maximum atomic E-state index is 13.9. The molecule has 2 aromatic carbocycles. The van der Waals surface area contributed by atoms with E-state index in [0.29, 0.717) is 45.3 Å². The summed E-state index contributed by atoms with van der Waals surface area (Å²) in [6, 6.07) is 6.17. The summed E-state index contributed by atoms with van der Waals surface area (Å²) in [4.78, 5) is 31.6. The molecule has 0 aliphatic carbocycles. The van der Waals surface area contributed by atoms with E-state index >= 15 is 0 Å². The van der Waals surface area contributed by atoms with Crippen LogP contribution < -0.4 is 19.6 Å². The zero-order valence-corrected chi connectivity index (χ0v) is 22.9. The van der Waals surface area contributed by atoms with Gasteiger partial charge in [-0.1, -0.05) is 25.4 Å². The Bertz CT molecular complexity index is 1360. The number of rotatable bonds is 10. The monoisotopic (exact) mass is 528 g/mol. The van der Waals surface area contributed by atoms with E-state index in [9.17, 15) is 9.59 Å². The average Bonchev–Trinajstić information content (AvgIpc) is 3.18. The summed E-state index contributed by atoms with van der Waals surface area (Å²) in [6.45, 7) is 9.17. The van der Waals surface area contributed by atoms with Crippen LogP contribution in [0.25, 0.3) is 11.0 Å². The van der Waals surface area contributed by atoms with Crippen molar-refractivity contribution >= 4 is 28.5 Å². The molecule has 0 spiro atoms. The first kappa shape index (κ1) is 26.8. The van der Waals surface area contributed by atoms with Crippen LogP contribution in [0.4, 0.5) is 0 Å². The smallest absolute Gasteiger partial charge is 0.290 e. The lowest BCUT2D eigenvalue weighted by molar-refractivity contribution is 0.0719. The predicted molar refractivity (Wildman–Crippen MR) is 144 cm³/mol. The van der Waals surface area contributed by atoms with Crippen molar-refractivity contribution in [2.75, 3.05) is 47.5 Å². The summed E-state index contributed by atoms with van der Waals surface area (Å²) in [5.74, 6) is 1.04. The molecule has 1 aromatic heterocycles. The van der Waals surface area contributed by atoms with Crippen LogP contribution in [0.5, 0.6) is 17.2 Å². The molecule has 0 saturated heterocycles. The molecule has 9 heteroatoms. The molecule has 37 heavy (non-hydrogen) atoms. The molecule has 4 rings (SSSR count). The Morgan fingerprint density at radius 1 is 1.00 bits per heavy atom. The molecular weight excluding hydrogens is 496 g/mol. The van der Waals surface area contributed by atoms with Gasteiger partial charge in [0.25, 0.3) is 5.91 Å². The highest BCUT2D eigenvalue weighted by molar-refractivity contribution is 6.32. The minimum absolute atomic E-state index is 0.0563. The van der Waals surface area contributed by atoms with Gasteiger partial charge in [0.1, 0.15) is 5.58 Å². The third kappa shape index (κ3) is 4.76. The van der Waals surface area contributed by atoms with E-state index in [-0.39, 0.29) is 22.7 Å². The highest BCUT2D eigenvalue weighted by atomic mass is 35.5. The molecule has 8 nitrogen and oxygen atoms in total. The molecule has 1 aliphatic rings. The number of nitrogens with zero attached hydrogens (tertiary/aromatic N) is 2. The maximum absolute atomic E-state index is 13.9. The lowest BCUT2D eigenvalue weighted by atomic mass is 9.97. The zero-order valence-electron chi connectivity index (χ0n) is 22.1. The van der Waals surface area contributed by atoms with E-state index in [1.165, 1.54) is 21.3 Å². The van der Waals surface area contributed by atoms with Gasteiger partial charge in [0.15, 0.2) is 16.9 Å². The van der Waals surface area contributed by atoms with Crippen molar-refractivity contribution < 1.29 is 23.4 Å². The van der Waals surface area contributed by atoms with Crippen molar-refractivity contribution in [2.45, 2.75) is 33.2 Å². The SMILES string of the molecule is CCN(CC)CCCN1C(=O)c2oc3cc(C)c(Cl)cc3c(=O)c2C1c1cc(OC)c(OC)c(OC)c1. The third-order valence-corrected chi connectivity index (χ3v) is 7.42. The average molecular weight is 529 g/mol. The first-order valence-corrected chi connectivity index (χ1v) is 12.8. The van der Waals surface area contributed by atoms with Crippen molar-refractivity contribution in [3.63, 3.8) is 0 Å². The van der Waals surface area contributed by atoms with Crippen LogP contribution in [0.1, 0.15) is 53.6 Å². The standard InChI is InChI=1S/C28H33ClN2O6/c1-7-30(8-2)10-9-11-31-24(17-13-21(34-4)26(36-6)22(14-17)35-5)23-25(32)18-15-19(29)16(3)12-20(18)37-27(23)28(31)33/h12-15,24H,7-11H2,1-6H3. The van der Waals surface area contributed by atoms with Crippen LogP contribution in [0.2, 0.25) is 5.02 Å². The molecule has 1 unspecified atom stereocenters. The summed E-state index contributed by atoms with van der Waals surface area (Å²) in [7, 11) is 4.59. The van der Waals surface area contributed by atoms with Gasteiger partial charge in [0.05, 0.1) is 38.3 Å². The maximum Gasteiger partial charge on any atom is 0.290 e. The number of hydrogen-bond donors (Lipinski definition) is 0. The molecule has 3 aromatic rings. The molecule has 0 N–H and O–H groups in total. The third-order valence-electron chi connectivity index (χ3n) is 7.02. The second-order valence-electron chi connectivity index (χ2n) is 9.01. The van der Waals surface area contributed by atoms with Gasteiger partial charge in [0, 0.05) is 11.6 Å². The molecule has 0 fully saturated rings. The van der Waals surface area contributed by atoms with Gasteiger partial charge in [-0.05, 0) is 68.4 Å². The first-order chi connectivity index (χ1) is 17.8. The minimum atomic E-state index is -0.686. The van der Waals surface area contributed by atoms with Gasteiger partial charge in [-0.15, -0.1) is 0 Å². The number of hydrogen-bond acceptors (Lipinski definition) is 7. The molecule has 2 heterocycles. The van der Waals surface area contributed by atoms with Crippen LogP contribution in [0, 0.1) is 6.92 Å². The first-order valence-electron chi connectivity index (χ1n) is 12.4. The van der Waals surface area contributed by atoms with Crippen LogP contribution >= 0.6 is 11.6 Å². The van der Waals surface area contributed by atoms with Crippen molar-refractivity contribution in [3.05, 3.63) is 62.0 Å². The number of methoxy groups -OCH3 is 3. The molecule has 198 valence electrons. The van der Waals surface area contributed by atoms with Crippen molar-refractivity contribution in [2.24, 2.45) is 0 Å². The number of carbonyl (C=O) groups excluding carboxylic acids is 1. The van der Waals surface area contributed by atoms with Gasteiger partial charge in [-0.3, -0.25) is 9.59 Å². The van der Waals surface area contributed by atoms with Crippen molar-refractivity contribution in [3.8, 4) is 17.2 Å². The zero-order chi connectivity index (χ0) is 26.9. The number of aryl methyl sites for hydroxylation is 1. The Morgan fingerprint density at radius 3 is 2.22 bits per heavy atom. The fraction of sp³-hybridized carbons (Fsp3) is 0.429. The largest absolute Gasteiger partial charge is 0.493 e. The van der Waals surface area contributed by atoms with Gasteiger partial charge >= 0.3 is 0 Å². The second-order valence-corrected chi connectivity index (χ2v) is 9.42. The highest BCUT2D eigenvalue weighted by Gasteiger charge is 2.43. The molecule has 0 saturated carbocycles. The van der Waals surface area contributed by atoms with Crippen molar-refractivity contribution in [1.29, 1.82) is 0 Å². The number of halogens is 1. The Hall–Kier alpha value is -3.23. The predicted octanol–water partition coefficient (Wildman–Crippen LogP) is 5.06. The molecule has 1 atom stereocenters. The number of amides is 1. The van der Waals surface area contributed by atoms with Gasteiger partial charge in [0.2, 0.25) is 11.5 Å². The van der Waals surface area contributed by atoms with E-state index in [2.05, 4.69) is 18.7 Å². The molecule has 0 bridgehead atoms. The fourth-order valence-corrected chi connectivity index (χ4v) is 5.15. The van der Waals surface area contributed by atoms with Gasteiger partial charge < -0.3 is 28.4 Å². The Kier molecular flexibility index (Phi) is 7.99. The second kappa shape index (κ2) is 11.0. The van der Waals surface area contributed by atoms with Crippen LogP contribution in [0.3, 0.4) is 0 Å². The number of fused-ring (bicyclic) bond motifs is 2. The quantitative estimate of drug-likeness (QED) is 0.364.